The third-order valence-electron chi connectivity index (χ3n) is 5.16. The number of fused-ring (bicyclic) bond motifs is 2. The average Bonchev–Trinajstić information content (AvgIpc) is 3.16. The van der Waals surface area contributed by atoms with E-state index < -0.39 is 6.04 Å². The van der Waals surface area contributed by atoms with Crippen LogP contribution in [0.5, 0.6) is 11.5 Å². The van der Waals surface area contributed by atoms with Crippen molar-refractivity contribution < 1.29 is 19.1 Å². The quantitative estimate of drug-likeness (QED) is 0.525. The number of aromatic nitrogens is 1. The molecule has 8 heteroatoms. The van der Waals surface area contributed by atoms with E-state index in [1.54, 1.807) is 0 Å². The average molecular weight is 442 g/mol. The van der Waals surface area contributed by atoms with Crippen molar-refractivity contribution in [3.05, 3.63) is 58.7 Å². The summed E-state index contributed by atoms with van der Waals surface area (Å²) >= 11 is 6.28. The molecule has 7 nitrogen and oxygen atoms in total. The number of para-hydroxylation sites is 1. The lowest BCUT2D eigenvalue weighted by atomic mass is 10.0. The first kappa shape index (κ1) is 21.1. The standard InChI is InChI=1S/C23H24ClN3O4/c1-14(28)27-20(12-16-13-26-19-5-3-2-4-17(16)19)23(29)25-7-6-15-10-18(24)22-21(11-15)30-8-9-31-22/h2-5,10-11,13,20,26H,6-9,12H2,1H3,(H,25,29)(H,27,28)/t20-/m1/s1. The SMILES string of the molecule is CC(=O)N[C@H](Cc1c[nH]c2ccccc12)C(=O)NCCc1cc(Cl)c2c(c1)OCCO2. The Kier molecular flexibility index (Phi) is 6.32. The summed E-state index contributed by atoms with van der Waals surface area (Å²) in [5.74, 6) is 0.698. The van der Waals surface area contributed by atoms with E-state index in [1.807, 2.05) is 42.6 Å². The number of carbonyl (C=O) groups is 2. The molecule has 162 valence electrons. The summed E-state index contributed by atoms with van der Waals surface area (Å²) in [5.41, 5.74) is 2.90. The molecule has 3 N–H and O–H groups in total. The molecule has 0 saturated heterocycles. The van der Waals surface area contributed by atoms with Crippen molar-refractivity contribution >= 4 is 34.3 Å². The van der Waals surface area contributed by atoms with Gasteiger partial charge in [-0.1, -0.05) is 29.8 Å². The highest BCUT2D eigenvalue weighted by Crippen LogP contribution is 2.38. The van der Waals surface area contributed by atoms with Crippen molar-refractivity contribution in [1.82, 2.24) is 15.6 Å². The second kappa shape index (κ2) is 9.31. The molecule has 0 bridgehead atoms. The Morgan fingerprint density at radius 3 is 2.84 bits per heavy atom. The van der Waals surface area contributed by atoms with Crippen LogP contribution >= 0.6 is 11.6 Å². The van der Waals surface area contributed by atoms with Crippen LogP contribution in [0.15, 0.2) is 42.6 Å². The van der Waals surface area contributed by atoms with E-state index in [4.69, 9.17) is 21.1 Å². The molecule has 0 fully saturated rings. The Bertz CT molecular complexity index is 1110. The van der Waals surface area contributed by atoms with Crippen LogP contribution in [0, 0.1) is 0 Å². The predicted octanol–water partition coefficient (Wildman–Crippen LogP) is 3.00. The maximum Gasteiger partial charge on any atom is 0.242 e. The zero-order chi connectivity index (χ0) is 21.8. The zero-order valence-electron chi connectivity index (χ0n) is 17.2. The van der Waals surface area contributed by atoms with Gasteiger partial charge in [-0.3, -0.25) is 9.59 Å². The van der Waals surface area contributed by atoms with Gasteiger partial charge in [0.2, 0.25) is 11.8 Å². The van der Waals surface area contributed by atoms with E-state index in [2.05, 4.69) is 15.6 Å². The molecule has 1 aliphatic heterocycles. The fourth-order valence-electron chi connectivity index (χ4n) is 3.74. The minimum Gasteiger partial charge on any atom is -0.486 e. The highest BCUT2D eigenvalue weighted by molar-refractivity contribution is 6.32. The number of ether oxygens (including phenoxy) is 2. The van der Waals surface area contributed by atoms with Crippen LogP contribution in [0.1, 0.15) is 18.1 Å². The number of rotatable bonds is 7. The van der Waals surface area contributed by atoms with Gasteiger partial charge in [0.15, 0.2) is 11.5 Å². The largest absolute Gasteiger partial charge is 0.486 e. The van der Waals surface area contributed by atoms with Crippen molar-refractivity contribution in [3.8, 4) is 11.5 Å². The second-order valence-corrected chi connectivity index (χ2v) is 7.87. The van der Waals surface area contributed by atoms with Gasteiger partial charge in [-0.15, -0.1) is 0 Å². The van der Waals surface area contributed by atoms with E-state index in [9.17, 15) is 9.59 Å². The first-order valence-corrected chi connectivity index (χ1v) is 10.6. The second-order valence-electron chi connectivity index (χ2n) is 7.46. The van der Waals surface area contributed by atoms with Crippen molar-refractivity contribution in [2.45, 2.75) is 25.8 Å². The lowest BCUT2D eigenvalue weighted by Crippen LogP contribution is -2.47. The summed E-state index contributed by atoms with van der Waals surface area (Å²) < 4.78 is 11.1. The van der Waals surface area contributed by atoms with E-state index in [0.29, 0.717) is 49.1 Å². The number of benzene rings is 2. The van der Waals surface area contributed by atoms with E-state index >= 15 is 0 Å². The Labute approximate surface area is 185 Å². The highest BCUT2D eigenvalue weighted by atomic mass is 35.5. The summed E-state index contributed by atoms with van der Waals surface area (Å²) in [6.45, 7) is 2.77. The normalized spacial score (nSPS) is 13.6. The van der Waals surface area contributed by atoms with Crippen LogP contribution < -0.4 is 20.1 Å². The number of hydrogen-bond donors (Lipinski definition) is 3. The molecule has 1 atom stereocenters. The molecule has 0 spiro atoms. The van der Waals surface area contributed by atoms with Crippen LogP contribution in [-0.4, -0.2) is 42.6 Å². The van der Waals surface area contributed by atoms with Crippen molar-refractivity contribution in [2.75, 3.05) is 19.8 Å². The lowest BCUT2D eigenvalue weighted by Gasteiger charge is -2.20. The summed E-state index contributed by atoms with van der Waals surface area (Å²) in [6, 6.07) is 10.9. The van der Waals surface area contributed by atoms with Gasteiger partial charge in [0.25, 0.3) is 0 Å². The van der Waals surface area contributed by atoms with Gasteiger partial charge in [-0.05, 0) is 35.7 Å². The summed E-state index contributed by atoms with van der Waals surface area (Å²) in [7, 11) is 0. The predicted molar refractivity (Wildman–Crippen MR) is 119 cm³/mol. The lowest BCUT2D eigenvalue weighted by molar-refractivity contribution is -0.128. The van der Waals surface area contributed by atoms with Gasteiger partial charge in [0.1, 0.15) is 19.3 Å². The van der Waals surface area contributed by atoms with Gasteiger partial charge < -0.3 is 25.1 Å². The van der Waals surface area contributed by atoms with Crippen molar-refractivity contribution in [3.63, 3.8) is 0 Å². The minimum atomic E-state index is -0.666. The molecule has 31 heavy (non-hydrogen) atoms. The molecule has 1 aromatic heterocycles. The fraction of sp³-hybridized carbons (Fsp3) is 0.304. The van der Waals surface area contributed by atoms with E-state index in [0.717, 1.165) is 22.0 Å². The van der Waals surface area contributed by atoms with Gasteiger partial charge in [-0.25, -0.2) is 0 Å². The number of nitrogens with one attached hydrogen (secondary N) is 3. The van der Waals surface area contributed by atoms with Gasteiger partial charge in [0.05, 0.1) is 5.02 Å². The molecule has 2 aromatic carbocycles. The molecule has 0 radical (unpaired) electrons. The van der Waals surface area contributed by atoms with Gasteiger partial charge in [-0.2, -0.15) is 0 Å². The highest BCUT2D eigenvalue weighted by Gasteiger charge is 2.22. The van der Waals surface area contributed by atoms with E-state index in [1.165, 1.54) is 6.92 Å². The smallest absolute Gasteiger partial charge is 0.242 e. The van der Waals surface area contributed by atoms with Crippen LogP contribution in [0.25, 0.3) is 10.9 Å². The summed E-state index contributed by atoms with van der Waals surface area (Å²) in [5, 5.41) is 7.21. The Hall–Kier alpha value is -3.19. The molecule has 3 aromatic rings. The summed E-state index contributed by atoms with van der Waals surface area (Å²) in [6.07, 6.45) is 2.84. The zero-order valence-corrected chi connectivity index (χ0v) is 17.9. The molecule has 0 unspecified atom stereocenters. The molecular formula is C23H24ClN3O4. The molecule has 0 saturated carbocycles. The number of H-pyrrole nitrogens is 1. The minimum absolute atomic E-state index is 0.232. The number of hydrogen-bond acceptors (Lipinski definition) is 4. The van der Waals surface area contributed by atoms with Crippen LogP contribution in [0.3, 0.4) is 0 Å². The number of aromatic amines is 1. The van der Waals surface area contributed by atoms with Gasteiger partial charge in [0, 0.05) is 37.0 Å². The molecule has 2 heterocycles. The maximum atomic E-state index is 12.8. The molecule has 1 aliphatic rings. The molecule has 2 amide bonds. The maximum absolute atomic E-state index is 12.8. The van der Waals surface area contributed by atoms with Crippen LogP contribution in [0.2, 0.25) is 5.02 Å². The van der Waals surface area contributed by atoms with Crippen molar-refractivity contribution in [1.29, 1.82) is 0 Å². The third kappa shape index (κ3) is 4.94. The Morgan fingerprint density at radius 2 is 2.00 bits per heavy atom. The fourth-order valence-corrected chi connectivity index (χ4v) is 4.02. The van der Waals surface area contributed by atoms with Crippen molar-refractivity contribution in [2.24, 2.45) is 0 Å². The summed E-state index contributed by atoms with van der Waals surface area (Å²) in [4.78, 5) is 27.7. The first-order chi connectivity index (χ1) is 15.0. The molecular weight excluding hydrogens is 418 g/mol. The first-order valence-electron chi connectivity index (χ1n) is 10.2. The third-order valence-corrected chi connectivity index (χ3v) is 5.44. The molecule has 4 rings (SSSR count). The topological polar surface area (TPSA) is 92.5 Å². The van der Waals surface area contributed by atoms with E-state index in [-0.39, 0.29) is 11.8 Å². The number of amides is 2. The Morgan fingerprint density at radius 1 is 1.19 bits per heavy atom. The monoisotopic (exact) mass is 441 g/mol. The van der Waals surface area contributed by atoms with Crippen LogP contribution in [0.4, 0.5) is 0 Å². The number of carbonyl (C=O) groups excluding carboxylic acids is 2. The number of halogens is 1. The van der Waals surface area contributed by atoms with Gasteiger partial charge >= 0.3 is 0 Å². The Balaban J connectivity index is 1.40. The molecule has 0 aliphatic carbocycles. The van der Waals surface area contributed by atoms with Crippen LogP contribution in [-0.2, 0) is 22.4 Å².